The fraction of sp³-hybridized carbons (Fsp3) is 0.158. The van der Waals surface area contributed by atoms with E-state index < -0.39 is 16.0 Å². The first kappa shape index (κ1) is 18.8. The number of carbonyl (C=O) groups is 2. The largest absolute Gasteiger partial charge is 0.481 e. The van der Waals surface area contributed by atoms with Crippen molar-refractivity contribution in [1.82, 2.24) is 4.57 Å². The van der Waals surface area contributed by atoms with Crippen LogP contribution in [-0.2, 0) is 26.2 Å². The SMILES string of the molecule is NS(=O)(=O)c1ccc(-c2ccc3ccn(CC(=O)CCC(=O)O)c3c2)cc1. The van der Waals surface area contributed by atoms with Gasteiger partial charge in [0, 0.05) is 18.1 Å². The molecule has 27 heavy (non-hydrogen) atoms. The number of fused-ring (bicyclic) bond motifs is 1. The quantitative estimate of drug-likeness (QED) is 0.646. The van der Waals surface area contributed by atoms with Crippen molar-refractivity contribution in [2.45, 2.75) is 24.3 Å². The normalized spacial score (nSPS) is 11.6. The molecule has 0 aliphatic carbocycles. The van der Waals surface area contributed by atoms with E-state index in [4.69, 9.17) is 10.2 Å². The first-order chi connectivity index (χ1) is 12.7. The molecule has 0 saturated carbocycles. The van der Waals surface area contributed by atoms with E-state index in [9.17, 15) is 18.0 Å². The van der Waals surface area contributed by atoms with Crippen molar-refractivity contribution in [3.8, 4) is 11.1 Å². The molecule has 2 aromatic carbocycles. The summed E-state index contributed by atoms with van der Waals surface area (Å²) in [5.74, 6) is -1.15. The van der Waals surface area contributed by atoms with Gasteiger partial charge in [-0.2, -0.15) is 0 Å². The van der Waals surface area contributed by atoms with Crippen LogP contribution in [0.25, 0.3) is 22.0 Å². The summed E-state index contributed by atoms with van der Waals surface area (Å²) in [5.41, 5.74) is 2.52. The van der Waals surface area contributed by atoms with Crippen LogP contribution in [-0.4, -0.2) is 29.8 Å². The average Bonchev–Trinajstić information content (AvgIpc) is 3.01. The molecule has 0 aliphatic heterocycles. The highest BCUT2D eigenvalue weighted by Gasteiger charge is 2.11. The van der Waals surface area contributed by atoms with Crippen LogP contribution in [0.5, 0.6) is 0 Å². The molecule has 0 bridgehead atoms. The number of primary sulfonamides is 1. The third-order valence-electron chi connectivity index (χ3n) is 4.25. The number of hydrogen-bond acceptors (Lipinski definition) is 4. The van der Waals surface area contributed by atoms with Gasteiger partial charge in [-0.05, 0) is 40.8 Å². The molecule has 8 heteroatoms. The Labute approximate surface area is 156 Å². The maximum Gasteiger partial charge on any atom is 0.303 e. The highest BCUT2D eigenvalue weighted by molar-refractivity contribution is 7.89. The molecule has 0 atom stereocenters. The molecule has 0 unspecified atom stereocenters. The molecule has 0 spiro atoms. The van der Waals surface area contributed by atoms with E-state index in [1.54, 1.807) is 22.9 Å². The van der Waals surface area contributed by atoms with Crippen LogP contribution in [0, 0.1) is 0 Å². The van der Waals surface area contributed by atoms with Gasteiger partial charge >= 0.3 is 5.97 Å². The number of aromatic nitrogens is 1. The van der Waals surface area contributed by atoms with Gasteiger partial charge in [0.1, 0.15) is 0 Å². The van der Waals surface area contributed by atoms with E-state index in [0.29, 0.717) is 0 Å². The molecule has 1 aromatic heterocycles. The van der Waals surface area contributed by atoms with Crippen molar-refractivity contribution in [3.63, 3.8) is 0 Å². The maximum absolute atomic E-state index is 12.0. The molecule has 1 heterocycles. The number of sulfonamides is 1. The molecule has 0 aliphatic rings. The number of rotatable bonds is 7. The fourth-order valence-corrected chi connectivity index (χ4v) is 3.37. The molecule has 7 nitrogen and oxygen atoms in total. The minimum absolute atomic E-state index is 0.0102. The van der Waals surface area contributed by atoms with Crippen molar-refractivity contribution in [2.24, 2.45) is 5.14 Å². The summed E-state index contributed by atoms with van der Waals surface area (Å²) in [6, 6.07) is 13.9. The number of nitrogens with two attached hydrogens (primary N) is 1. The molecule has 0 saturated heterocycles. The van der Waals surface area contributed by atoms with Crippen LogP contribution in [0.2, 0.25) is 0 Å². The third-order valence-corrected chi connectivity index (χ3v) is 5.18. The lowest BCUT2D eigenvalue weighted by Gasteiger charge is -2.07. The Balaban J connectivity index is 1.88. The predicted molar refractivity (Wildman–Crippen MR) is 101 cm³/mol. The van der Waals surface area contributed by atoms with Crippen LogP contribution in [0.1, 0.15) is 12.8 Å². The summed E-state index contributed by atoms with van der Waals surface area (Å²) in [7, 11) is -3.74. The van der Waals surface area contributed by atoms with Crippen molar-refractivity contribution >= 4 is 32.7 Å². The van der Waals surface area contributed by atoms with Gasteiger partial charge < -0.3 is 9.67 Å². The fourth-order valence-electron chi connectivity index (χ4n) is 2.85. The third kappa shape index (κ3) is 4.42. The zero-order chi connectivity index (χ0) is 19.6. The first-order valence-corrected chi connectivity index (χ1v) is 9.74. The Morgan fingerprint density at radius 2 is 1.63 bits per heavy atom. The Morgan fingerprint density at radius 3 is 2.26 bits per heavy atom. The van der Waals surface area contributed by atoms with Gasteiger partial charge in [-0.15, -0.1) is 0 Å². The number of nitrogens with zero attached hydrogens (tertiary/aromatic N) is 1. The van der Waals surface area contributed by atoms with E-state index >= 15 is 0 Å². The molecule has 0 amide bonds. The second kappa shape index (κ2) is 7.34. The summed E-state index contributed by atoms with van der Waals surface area (Å²) in [6.45, 7) is 0.102. The van der Waals surface area contributed by atoms with Gasteiger partial charge in [0.2, 0.25) is 10.0 Å². The van der Waals surface area contributed by atoms with Crippen LogP contribution in [0.15, 0.2) is 59.6 Å². The van der Waals surface area contributed by atoms with E-state index in [2.05, 4.69) is 0 Å². The number of ketones is 1. The number of benzene rings is 2. The van der Waals surface area contributed by atoms with Gasteiger partial charge in [0.25, 0.3) is 0 Å². The van der Waals surface area contributed by atoms with Gasteiger partial charge in [-0.1, -0.05) is 24.3 Å². The zero-order valence-electron chi connectivity index (χ0n) is 14.3. The summed E-state index contributed by atoms with van der Waals surface area (Å²) < 4.78 is 24.5. The van der Waals surface area contributed by atoms with Crippen molar-refractivity contribution in [1.29, 1.82) is 0 Å². The minimum Gasteiger partial charge on any atom is -0.481 e. The Hall–Kier alpha value is -2.97. The van der Waals surface area contributed by atoms with Crippen molar-refractivity contribution < 1.29 is 23.1 Å². The lowest BCUT2D eigenvalue weighted by atomic mass is 10.0. The Kier molecular flexibility index (Phi) is 5.11. The van der Waals surface area contributed by atoms with E-state index in [0.717, 1.165) is 22.0 Å². The van der Waals surface area contributed by atoms with Gasteiger partial charge in [0.05, 0.1) is 17.9 Å². The predicted octanol–water partition coefficient (Wildman–Crippen LogP) is 2.39. The number of carbonyl (C=O) groups excluding carboxylic acids is 1. The zero-order valence-corrected chi connectivity index (χ0v) is 15.1. The van der Waals surface area contributed by atoms with Crippen molar-refractivity contribution in [3.05, 3.63) is 54.7 Å². The van der Waals surface area contributed by atoms with Crippen LogP contribution < -0.4 is 5.14 Å². The van der Waals surface area contributed by atoms with E-state index in [1.807, 2.05) is 24.3 Å². The summed E-state index contributed by atoms with van der Waals surface area (Å²) in [4.78, 5) is 22.6. The lowest BCUT2D eigenvalue weighted by Crippen LogP contribution is -2.11. The molecule has 3 aromatic rings. The molecule has 3 rings (SSSR count). The molecule has 0 fully saturated rings. The van der Waals surface area contributed by atoms with Gasteiger partial charge in [0.15, 0.2) is 5.78 Å². The van der Waals surface area contributed by atoms with E-state index in [-0.39, 0.29) is 30.1 Å². The standard InChI is InChI=1S/C19H18N2O5S/c20-27(25,26)17-6-3-13(4-7-17)15-2-1-14-9-10-21(18(14)11-15)12-16(22)5-8-19(23)24/h1-4,6-7,9-11H,5,8,12H2,(H,23,24)(H2,20,25,26). The molecule has 0 radical (unpaired) electrons. The number of carboxylic acids is 1. The summed E-state index contributed by atoms with van der Waals surface area (Å²) in [6.07, 6.45) is 1.60. The Morgan fingerprint density at radius 1 is 0.963 bits per heavy atom. The molecule has 140 valence electrons. The first-order valence-electron chi connectivity index (χ1n) is 8.20. The second-order valence-electron chi connectivity index (χ2n) is 6.22. The van der Waals surface area contributed by atoms with Crippen molar-refractivity contribution in [2.75, 3.05) is 0 Å². The second-order valence-corrected chi connectivity index (χ2v) is 7.78. The number of Topliss-reactive ketones (excluding diaryl/α,β-unsaturated/α-hetero) is 1. The molecular weight excluding hydrogens is 368 g/mol. The van der Waals surface area contributed by atoms with Crippen LogP contribution in [0.4, 0.5) is 0 Å². The number of hydrogen-bond donors (Lipinski definition) is 2. The average molecular weight is 386 g/mol. The van der Waals surface area contributed by atoms with Crippen LogP contribution in [0.3, 0.4) is 0 Å². The number of carboxylic acid groups (broad SMARTS) is 1. The van der Waals surface area contributed by atoms with Gasteiger partial charge in [-0.25, -0.2) is 13.6 Å². The topological polar surface area (TPSA) is 119 Å². The van der Waals surface area contributed by atoms with E-state index in [1.165, 1.54) is 12.1 Å². The monoisotopic (exact) mass is 386 g/mol. The minimum atomic E-state index is -3.74. The summed E-state index contributed by atoms with van der Waals surface area (Å²) in [5, 5.41) is 14.8. The molecular formula is C19H18N2O5S. The smallest absolute Gasteiger partial charge is 0.303 e. The lowest BCUT2D eigenvalue weighted by molar-refractivity contribution is -0.138. The van der Waals surface area contributed by atoms with Gasteiger partial charge in [-0.3, -0.25) is 9.59 Å². The Bertz CT molecular complexity index is 1110. The summed E-state index contributed by atoms with van der Waals surface area (Å²) >= 11 is 0. The highest BCUT2D eigenvalue weighted by Crippen LogP contribution is 2.26. The molecule has 3 N–H and O–H groups in total. The van der Waals surface area contributed by atoms with Crippen LogP contribution >= 0.6 is 0 Å². The number of aliphatic carboxylic acids is 1. The maximum atomic E-state index is 12.0. The highest BCUT2D eigenvalue weighted by atomic mass is 32.2.